The van der Waals surface area contributed by atoms with Gasteiger partial charge in [-0.1, -0.05) is 14.1 Å². The highest BCUT2D eigenvalue weighted by Crippen LogP contribution is 2.74. The lowest BCUT2D eigenvalue weighted by Crippen LogP contribution is -2.53. The molecule has 0 aliphatic heterocycles. The van der Waals surface area contributed by atoms with Crippen molar-refractivity contribution in [1.82, 2.24) is 0 Å². The molecule has 16 aliphatic carbocycles. The van der Waals surface area contributed by atoms with Gasteiger partial charge in [0.1, 0.15) is 0 Å². The van der Waals surface area contributed by atoms with Crippen molar-refractivity contribution in [3.05, 3.63) is 29.3 Å². The van der Waals surface area contributed by atoms with Crippen LogP contribution in [0.25, 0.3) is 0 Å². The van der Waals surface area contributed by atoms with Crippen LogP contribution >= 0.6 is 15.8 Å². The summed E-state index contributed by atoms with van der Waals surface area (Å²) in [6.07, 6.45) is 36.1. The fourth-order valence-corrected chi connectivity index (χ4v) is 29.1. The fourth-order valence-electron chi connectivity index (χ4n) is 19.8. The first-order chi connectivity index (χ1) is 24.1. The lowest BCUT2D eigenvalue weighted by molar-refractivity contribution is 0.0127. The van der Waals surface area contributed by atoms with E-state index in [1.165, 1.54) is 0 Å². The zero-order valence-electron chi connectivity index (χ0n) is 30.7. The largest absolute Gasteiger partial charge is 0.210 e. The van der Waals surface area contributed by atoms with E-state index in [1.54, 1.807) is 141 Å². The van der Waals surface area contributed by atoms with E-state index >= 15 is 0 Å². The summed E-state index contributed by atoms with van der Waals surface area (Å²) in [6, 6.07) is 8.13. The van der Waals surface area contributed by atoms with Crippen LogP contribution in [0.2, 0.25) is 0 Å². The van der Waals surface area contributed by atoms with Gasteiger partial charge in [-0.2, -0.15) is 23.3 Å². The van der Waals surface area contributed by atoms with Gasteiger partial charge >= 0.3 is 0 Å². The van der Waals surface area contributed by atoms with Crippen molar-refractivity contribution in [2.24, 2.45) is 94.7 Å². The summed E-state index contributed by atoms with van der Waals surface area (Å²) in [5.41, 5.74) is 8.53. The molecule has 266 valence electrons. The molecule has 0 atom stereocenters. The number of hydrogen-bond acceptors (Lipinski definition) is 0. The summed E-state index contributed by atoms with van der Waals surface area (Å²) in [6.45, 7) is 0. The van der Waals surface area contributed by atoms with Gasteiger partial charge in [0, 0.05) is 0 Å². The summed E-state index contributed by atoms with van der Waals surface area (Å²) >= 11 is 0. The first-order valence-electron chi connectivity index (χ1n) is 22.9. The molecule has 1 aromatic carbocycles. The van der Waals surface area contributed by atoms with Crippen molar-refractivity contribution in [2.45, 2.75) is 163 Å². The predicted molar refractivity (Wildman–Crippen MR) is 207 cm³/mol. The Morgan fingerprint density at radius 2 is 0.633 bits per heavy atom. The summed E-state index contributed by atoms with van der Waals surface area (Å²) in [7, 11) is 0.213. The molecule has 16 fully saturated rings. The van der Waals surface area contributed by atoms with Gasteiger partial charge in [0.05, 0.1) is 0 Å². The van der Waals surface area contributed by atoms with E-state index in [-0.39, 0.29) is 15.8 Å². The van der Waals surface area contributed by atoms with E-state index in [0.717, 1.165) is 117 Å². The second-order valence-electron chi connectivity index (χ2n) is 22.6. The molecule has 1 aromatic rings. The summed E-state index contributed by atoms with van der Waals surface area (Å²) < 4.78 is 0. The van der Waals surface area contributed by atoms with E-state index in [4.69, 9.17) is 0 Å². The van der Waals surface area contributed by atoms with Crippen LogP contribution in [-0.4, -0.2) is 22.6 Å². The number of hydrogen-bond donors (Lipinski definition) is 0. The quantitative estimate of drug-likeness (QED) is 0.188. The van der Waals surface area contributed by atoms with Gasteiger partial charge in [-0.3, -0.25) is 0 Å². The molecule has 0 spiro atoms. The van der Waals surface area contributed by atoms with Gasteiger partial charge in [0.2, 0.25) is 0 Å². The molecule has 0 saturated heterocycles. The molecular formula is C47H67P2-. The molecule has 0 heterocycles. The lowest BCUT2D eigenvalue weighted by Gasteiger charge is -2.63. The monoisotopic (exact) mass is 693 g/mol. The fraction of sp³-hybridized carbons (Fsp3) is 0.894. The van der Waals surface area contributed by atoms with Crippen molar-refractivity contribution in [2.75, 3.05) is 0 Å². The van der Waals surface area contributed by atoms with Crippen LogP contribution in [-0.2, 0) is 12.3 Å². The second-order valence-corrected chi connectivity index (χ2v) is 27.7. The van der Waals surface area contributed by atoms with Gasteiger partial charge in [-0.05, 0) is 252 Å². The Morgan fingerprint density at radius 1 is 0.367 bits per heavy atom. The molecule has 0 aromatic heterocycles. The van der Waals surface area contributed by atoms with Gasteiger partial charge in [0.25, 0.3) is 0 Å². The highest BCUT2D eigenvalue weighted by molar-refractivity contribution is 7.59. The lowest BCUT2D eigenvalue weighted by atomic mass is 9.55. The first kappa shape index (κ1) is 30.5. The molecule has 0 unspecified atom stereocenters. The Morgan fingerprint density at radius 3 is 0.918 bits per heavy atom. The van der Waals surface area contributed by atoms with Crippen LogP contribution in [0.5, 0.6) is 0 Å². The molecule has 17 rings (SSSR count). The summed E-state index contributed by atoms with van der Waals surface area (Å²) in [4.78, 5) is 0. The molecular weight excluding hydrogens is 626 g/mol. The first-order valence-corrected chi connectivity index (χ1v) is 26.2. The van der Waals surface area contributed by atoms with E-state index in [2.05, 4.69) is 18.2 Å². The minimum atomic E-state index is 0.107. The third-order valence-electron chi connectivity index (χ3n) is 20.0. The Hall–Kier alpha value is 0.210. The summed E-state index contributed by atoms with van der Waals surface area (Å²) in [5.74, 6) is 18.2. The van der Waals surface area contributed by atoms with Gasteiger partial charge < -0.3 is 0 Å². The van der Waals surface area contributed by atoms with Crippen molar-refractivity contribution < 1.29 is 0 Å². The molecule has 0 radical (unpaired) electrons. The Labute approximate surface area is 302 Å². The maximum Gasteiger partial charge on any atom is -0.0147 e. The van der Waals surface area contributed by atoms with Gasteiger partial charge in [-0.25, -0.2) is 6.07 Å². The van der Waals surface area contributed by atoms with Gasteiger partial charge in [-0.15, -0.1) is 7.92 Å². The Bertz CT molecular complexity index is 1130. The normalized spacial score (nSPS) is 57.8. The van der Waals surface area contributed by atoms with E-state index in [0.29, 0.717) is 0 Å². The van der Waals surface area contributed by atoms with Crippen LogP contribution in [0.4, 0.5) is 0 Å². The van der Waals surface area contributed by atoms with Crippen LogP contribution in [0.15, 0.2) is 18.2 Å². The molecule has 0 N–H and O–H groups in total. The minimum Gasteiger partial charge on any atom is -0.210 e. The Kier molecular flexibility index (Phi) is 7.08. The maximum absolute atomic E-state index is 2.76. The predicted octanol–water partition coefficient (Wildman–Crippen LogP) is 12.7. The molecule has 49 heavy (non-hydrogen) atoms. The van der Waals surface area contributed by atoms with Crippen LogP contribution in [0.3, 0.4) is 0 Å². The van der Waals surface area contributed by atoms with E-state index in [9.17, 15) is 0 Å². The van der Waals surface area contributed by atoms with E-state index in [1.807, 2.05) is 11.1 Å². The average Bonchev–Trinajstić information content (AvgIpc) is 3.49. The molecule has 16 bridgehead atoms. The van der Waals surface area contributed by atoms with E-state index < -0.39 is 0 Å². The molecule has 0 nitrogen and oxygen atoms in total. The van der Waals surface area contributed by atoms with Crippen LogP contribution in [0.1, 0.15) is 140 Å². The zero-order valence-corrected chi connectivity index (χ0v) is 32.5. The van der Waals surface area contributed by atoms with Crippen molar-refractivity contribution >= 4 is 15.8 Å². The van der Waals surface area contributed by atoms with Crippen LogP contribution in [0, 0.1) is 94.7 Å². The molecule has 16 aliphatic rings. The molecule has 2 heteroatoms. The molecule has 0 amide bonds. The summed E-state index contributed by atoms with van der Waals surface area (Å²) in [5, 5.41) is 0. The third-order valence-corrected chi connectivity index (χ3v) is 27.8. The standard InChI is InChI=1S/C47H67P2/c1-2-34(24-48(44-36-8-26-4-27(10-36)11-37(44)9-26)45-38-12-28-5-29(14-38)15-39(45)13-28)35(3-1)25-49(46-40-16-30-6-31(18-40)19-41(46)17-30)47-42-20-32-7-33(22-42)23-43(47)21-32/h1-3,26-33,36-47H,4-25H2/q-1. The van der Waals surface area contributed by atoms with Crippen molar-refractivity contribution in [3.63, 3.8) is 0 Å². The maximum atomic E-state index is 2.76. The average molecular weight is 694 g/mol. The zero-order chi connectivity index (χ0) is 31.5. The van der Waals surface area contributed by atoms with Gasteiger partial charge in [0.15, 0.2) is 0 Å². The molecule has 16 saturated carbocycles. The second kappa shape index (κ2) is 11.4. The highest BCUT2D eigenvalue weighted by atomic mass is 31.1. The third kappa shape index (κ3) is 4.82. The van der Waals surface area contributed by atoms with Crippen LogP contribution < -0.4 is 0 Å². The number of rotatable bonds is 8. The van der Waals surface area contributed by atoms with Crippen molar-refractivity contribution in [3.8, 4) is 0 Å². The van der Waals surface area contributed by atoms with Crippen molar-refractivity contribution in [1.29, 1.82) is 0 Å². The topological polar surface area (TPSA) is 0 Å². The Balaban J connectivity index is 0.853. The smallest absolute Gasteiger partial charge is 0.0147 e. The minimum absolute atomic E-state index is 0.107. The highest BCUT2D eigenvalue weighted by Gasteiger charge is 2.58. The SMILES string of the molecule is c1cc(CP(C2C3CC4CC(C3)CC2C4)C2C3CC4CC(C3)CC2C4)c(CP(C2C3CC4CC(C3)CC2C4)C2C3CC4CC(C3)CC2C4)[cH-]1.